The molecule has 0 saturated carbocycles. The Hall–Kier alpha value is -2.04. The molecule has 0 fully saturated rings. The summed E-state index contributed by atoms with van der Waals surface area (Å²) >= 11 is 0. The minimum Gasteiger partial charge on any atom is -0.504 e. The van der Waals surface area contributed by atoms with Crippen molar-refractivity contribution in [1.29, 1.82) is 5.41 Å². The Kier molecular flexibility index (Phi) is 3.41. The molecular weight excluding hydrogens is 220 g/mol. The highest BCUT2D eigenvalue weighted by atomic mass is 16.3. The van der Waals surface area contributed by atoms with Crippen LogP contribution in [0, 0.1) is 5.41 Å². The third kappa shape index (κ3) is 3.48. The summed E-state index contributed by atoms with van der Waals surface area (Å²) in [5.74, 6) is -1.16. The van der Waals surface area contributed by atoms with Crippen LogP contribution in [0.25, 0.3) is 0 Å². The Balaban J connectivity index is 2.90. The van der Waals surface area contributed by atoms with E-state index in [2.05, 4.69) is 5.32 Å². The van der Waals surface area contributed by atoms with Gasteiger partial charge in [0.2, 0.25) is 0 Å². The zero-order chi connectivity index (χ0) is 13.2. The fourth-order valence-corrected chi connectivity index (χ4v) is 1.21. The highest BCUT2D eigenvalue weighted by molar-refractivity contribution is 6.44. The highest BCUT2D eigenvalue weighted by Gasteiger charge is 2.19. The molecule has 1 amide bonds. The first-order valence-corrected chi connectivity index (χ1v) is 5.14. The van der Waals surface area contributed by atoms with Crippen molar-refractivity contribution in [2.24, 2.45) is 0 Å². The number of phenols is 2. The molecule has 1 rings (SSSR count). The number of hydrogen-bond donors (Lipinski definition) is 4. The predicted molar refractivity (Wildman–Crippen MR) is 64.5 cm³/mol. The monoisotopic (exact) mass is 236 g/mol. The van der Waals surface area contributed by atoms with Crippen molar-refractivity contribution in [3.63, 3.8) is 0 Å². The molecule has 1 aromatic carbocycles. The van der Waals surface area contributed by atoms with Gasteiger partial charge in [0, 0.05) is 11.1 Å². The van der Waals surface area contributed by atoms with Crippen LogP contribution in [0.5, 0.6) is 11.5 Å². The van der Waals surface area contributed by atoms with Gasteiger partial charge < -0.3 is 15.5 Å². The third-order valence-electron chi connectivity index (χ3n) is 1.98. The number of nitrogens with one attached hydrogen (secondary N) is 2. The third-order valence-corrected chi connectivity index (χ3v) is 1.98. The van der Waals surface area contributed by atoms with E-state index in [1.165, 1.54) is 18.2 Å². The van der Waals surface area contributed by atoms with Crippen molar-refractivity contribution in [2.75, 3.05) is 0 Å². The molecule has 0 unspecified atom stereocenters. The van der Waals surface area contributed by atoms with Crippen LogP contribution in [0.3, 0.4) is 0 Å². The van der Waals surface area contributed by atoms with Crippen molar-refractivity contribution in [2.45, 2.75) is 26.3 Å². The number of aromatic hydroxyl groups is 2. The van der Waals surface area contributed by atoms with Gasteiger partial charge in [0.25, 0.3) is 5.91 Å². The second kappa shape index (κ2) is 4.45. The Morgan fingerprint density at radius 1 is 1.24 bits per heavy atom. The molecular formula is C12H16N2O3. The summed E-state index contributed by atoms with van der Waals surface area (Å²) in [6.07, 6.45) is 0. The van der Waals surface area contributed by atoms with Crippen molar-refractivity contribution in [3.05, 3.63) is 23.8 Å². The van der Waals surface area contributed by atoms with Gasteiger partial charge in [-0.2, -0.15) is 0 Å². The average Bonchev–Trinajstić information content (AvgIpc) is 2.18. The Labute approximate surface area is 99.6 Å². The average molecular weight is 236 g/mol. The molecule has 0 aliphatic heterocycles. The van der Waals surface area contributed by atoms with E-state index < -0.39 is 11.4 Å². The van der Waals surface area contributed by atoms with Crippen LogP contribution in [0.4, 0.5) is 0 Å². The molecule has 0 aromatic heterocycles. The van der Waals surface area contributed by atoms with Crippen LogP contribution >= 0.6 is 0 Å². The number of hydrogen-bond acceptors (Lipinski definition) is 4. The molecule has 5 heteroatoms. The second-order valence-electron chi connectivity index (χ2n) is 4.78. The maximum Gasteiger partial charge on any atom is 0.270 e. The van der Waals surface area contributed by atoms with E-state index in [1.54, 1.807) is 0 Å². The van der Waals surface area contributed by atoms with E-state index in [9.17, 15) is 9.90 Å². The van der Waals surface area contributed by atoms with Crippen LogP contribution in [-0.4, -0.2) is 27.4 Å². The smallest absolute Gasteiger partial charge is 0.270 e. The number of phenolic OH excluding ortho intramolecular Hbond substituents is 2. The lowest BCUT2D eigenvalue weighted by molar-refractivity contribution is -0.116. The van der Waals surface area contributed by atoms with Crippen LogP contribution < -0.4 is 5.32 Å². The molecule has 0 radical (unpaired) electrons. The van der Waals surface area contributed by atoms with E-state index in [0.717, 1.165) is 0 Å². The summed E-state index contributed by atoms with van der Waals surface area (Å²) in [5.41, 5.74) is -0.431. The van der Waals surface area contributed by atoms with Crippen molar-refractivity contribution >= 4 is 11.6 Å². The van der Waals surface area contributed by atoms with Gasteiger partial charge >= 0.3 is 0 Å². The van der Waals surface area contributed by atoms with E-state index in [-0.39, 0.29) is 22.8 Å². The summed E-state index contributed by atoms with van der Waals surface area (Å²) in [5, 5.41) is 28.7. The highest BCUT2D eigenvalue weighted by Crippen LogP contribution is 2.25. The van der Waals surface area contributed by atoms with Gasteiger partial charge in [0.15, 0.2) is 11.5 Å². The molecule has 4 N–H and O–H groups in total. The van der Waals surface area contributed by atoms with Crippen LogP contribution in [0.2, 0.25) is 0 Å². The normalized spacial score (nSPS) is 11.0. The zero-order valence-corrected chi connectivity index (χ0v) is 10.0. The van der Waals surface area contributed by atoms with Gasteiger partial charge in [-0.15, -0.1) is 0 Å². The fourth-order valence-electron chi connectivity index (χ4n) is 1.21. The summed E-state index contributed by atoms with van der Waals surface area (Å²) in [6.45, 7) is 5.44. The molecule has 5 nitrogen and oxygen atoms in total. The molecule has 0 aliphatic rings. The van der Waals surface area contributed by atoms with Gasteiger partial charge in [-0.3, -0.25) is 10.2 Å². The van der Waals surface area contributed by atoms with Gasteiger partial charge in [0.1, 0.15) is 5.71 Å². The lowest BCUT2D eigenvalue weighted by atomic mass is 10.1. The topological polar surface area (TPSA) is 93.4 Å². The van der Waals surface area contributed by atoms with Crippen LogP contribution in [0.15, 0.2) is 18.2 Å². The van der Waals surface area contributed by atoms with Crippen molar-refractivity contribution in [3.8, 4) is 11.5 Å². The molecule has 0 saturated heterocycles. The van der Waals surface area contributed by atoms with Gasteiger partial charge in [-0.05, 0) is 39.0 Å². The number of rotatable bonds is 2. The molecule has 0 bridgehead atoms. The lowest BCUT2D eigenvalue weighted by Crippen LogP contribution is -2.44. The molecule has 0 atom stereocenters. The standard InChI is InChI=1S/C12H16N2O3/c1-12(2,3)14-11(17)10(13)7-4-5-8(15)9(16)6-7/h4-6,13,15-16H,1-3H3,(H,14,17). The number of carbonyl (C=O) groups is 1. The fraction of sp³-hybridized carbons (Fsp3) is 0.333. The second-order valence-corrected chi connectivity index (χ2v) is 4.78. The first-order chi connectivity index (χ1) is 7.70. The summed E-state index contributed by atoms with van der Waals surface area (Å²) in [6, 6.07) is 3.82. The molecule has 92 valence electrons. The van der Waals surface area contributed by atoms with Crippen LogP contribution in [-0.2, 0) is 4.79 Å². The summed E-state index contributed by atoms with van der Waals surface area (Å²) < 4.78 is 0. The maximum absolute atomic E-state index is 11.7. The minimum atomic E-state index is -0.525. The first-order valence-electron chi connectivity index (χ1n) is 5.14. The summed E-state index contributed by atoms with van der Waals surface area (Å²) in [4.78, 5) is 11.7. The Morgan fingerprint density at radius 3 is 2.29 bits per heavy atom. The zero-order valence-electron chi connectivity index (χ0n) is 10.0. The summed E-state index contributed by atoms with van der Waals surface area (Å²) in [7, 11) is 0. The van der Waals surface area contributed by atoms with E-state index in [1.807, 2.05) is 20.8 Å². The lowest BCUT2D eigenvalue weighted by Gasteiger charge is -2.20. The molecule has 0 heterocycles. The van der Waals surface area contributed by atoms with Gasteiger partial charge in [-0.25, -0.2) is 0 Å². The SMILES string of the molecule is CC(C)(C)NC(=O)C(=N)c1ccc(O)c(O)c1. The number of benzene rings is 1. The van der Waals surface area contributed by atoms with Gasteiger partial charge in [-0.1, -0.05) is 0 Å². The van der Waals surface area contributed by atoms with Gasteiger partial charge in [0.05, 0.1) is 0 Å². The van der Waals surface area contributed by atoms with Crippen molar-refractivity contribution < 1.29 is 15.0 Å². The van der Waals surface area contributed by atoms with Crippen LogP contribution in [0.1, 0.15) is 26.3 Å². The maximum atomic E-state index is 11.7. The predicted octanol–water partition coefficient (Wildman–Crippen LogP) is 1.38. The largest absolute Gasteiger partial charge is 0.504 e. The Morgan fingerprint density at radius 2 is 1.82 bits per heavy atom. The van der Waals surface area contributed by atoms with E-state index >= 15 is 0 Å². The number of carbonyl (C=O) groups excluding carboxylic acids is 1. The Bertz CT molecular complexity index is 461. The van der Waals surface area contributed by atoms with Crippen molar-refractivity contribution in [1.82, 2.24) is 5.32 Å². The molecule has 1 aromatic rings. The van der Waals surface area contributed by atoms with E-state index in [0.29, 0.717) is 0 Å². The molecule has 17 heavy (non-hydrogen) atoms. The number of amides is 1. The minimum absolute atomic E-state index is 0.252. The molecule has 0 spiro atoms. The molecule has 0 aliphatic carbocycles. The quantitative estimate of drug-likeness (QED) is 0.461. The van der Waals surface area contributed by atoms with E-state index in [4.69, 9.17) is 10.5 Å². The first kappa shape index (κ1) is 13.0.